The Morgan fingerprint density at radius 2 is 2.17 bits per heavy atom. The van der Waals surface area contributed by atoms with Crippen LogP contribution in [0.25, 0.3) is 0 Å². The number of methoxy groups -OCH3 is 1. The van der Waals surface area contributed by atoms with Crippen LogP contribution in [0.4, 0.5) is 10.4 Å². The number of halogens is 1. The molecule has 2 rings (SSSR count). The zero-order chi connectivity index (χ0) is 13.1. The third kappa shape index (κ3) is 2.61. The highest BCUT2D eigenvalue weighted by molar-refractivity contribution is 5.30. The fourth-order valence-electron chi connectivity index (χ4n) is 1.81. The molecule has 2 aromatic rings. The normalized spacial score (nSPS) is 10.6. The van der Waals surface area contributed by atoms with Crippen LogP contribution in [0.3, 0.4) is 0 Å². The number of aromatic nitrogens is 1. The molecule has 0 radical (unpaired) electrons. The van der Waals surface area contributed by atoms with Crippen molar-refractivity contribution >= 4 is 6.01 Å². The average molecular weight is 250 g/mol. The maximum atomic E-state index is 13.5. The van der Waals surface area contributed by atoms with Gasteiger partial charge in [-0.25, -0.2) is 4.39 Å². The van der Waals surface area contributed by atoms with Gasteiger partial charge in [0.1, 0.15) is 5.76 Å². The number of hydrogen-bond donors (Lipinski definition) is 1. The van der Waals surface area contributed by atoms with E-state index in [4.69, 9.17) is 14.9 Å². The van der Waals surface area contributed by atoms with Gasteiger partial charge in [-0.2, -0.15) is 4.98 Å². The van der Waals surface area contributed by atoms with Gasteiger partial charge in [0.25, 0.3) is 6.01 Å². The summed E-state index contributed by atoms with van der Waals surface area (Å²) in [4.78, 5) is 3.99. The number of hydrogen-bond acceptors (Lipinski definition) is 4. The lowest BCUT2D eigenvalue weighted by atomic mass is 10.1. The monoisotopic (exact) mass is 250 g/mol. The van der Waals surface area contributed by atoms with E-state index < -0.39 is 0 Å². The predicted molar refractivity (Wildman–Crippen MR) is 66.0 cm³/mol. The molecule has 0 amide bonds. The number of nitrogen functional groups attached to an aromatic ring is 1. The maximum Gasteiger partial charge on any atom is 0.292 e. The number of nitrogens with two attached hydrogens (primary N) is 1. The molecule has 0 aliphatic rings. The minimum Gasteiger partial charge on any atom is -0.494 e. The van der Waals surface area contributed by atoms with E-state index in [1.165, 1.54) is 13.2 Å². The second-order valence-electron chi connectivity index (χ2n) is 4.03. The molecule has 96 valence electrons. The van der Waals surface area contributed by atoms with Crippen LogP contribution in [0, 0.1) is 12.7 Å². The van der Waals surface area contributed by atoms with Gasteiger partial charge in [0.2, 0.25) is 0 Å². The number of anilines is 1. The van der Waals surface area contributed by atoms with Crippen LogP contribution in [0.5, 0.6) is 5.75 Å². The van der Waals surface area contributed by atoms with E-state index in [-0.39, 0.29) is 17.6 Å². The lowest BCUT2D eigenvalue weighted by Gasteiger charge is -2.04. The van der Waals surface area contributed by atoms with E-state index in [0.717, 1.165) is 17.0 Å². The third-order valence-corrected chi connectivity index (χ3v) is 2.77. The van der Waals surface area contributed by atoms with Gasteiger partial charge in [0, 0.05) is 6.42 Å². The van der Waals surface area contributed by atoms with Crippen molar-refractivity contribution in [2.24, 2.45) is 0 Å². The first kappa shape index (κ1) is 12.4. The Balaban J connectivity index is 2.06. The summed E-state index contributed by atoms with van der Waals surface area (Å²) in [6.45, 7) is 1.84. The Morgan fingerprint density at radius 3 is 2.72 bits per heavy atom. The van der Waals surface area contributed by atoms with Gasteiger partial charge in [-0.15, -0.1) is 0 Å². The van der Waals surface area contributed by atoms with Gasteiger partial charge >= 0.3 is 0 Å². The van der Waals surface area contributed by atoms with E-state index in [0.29, 0.717) is 12.8 Å². The molecule has 0 saturated carbocycles. The topological polar surface area (TPSA) is 61.3 Å². The van der Waals surface area contributed by atoms with Gasteiger partial charge in [0.05, 0.1) is 12.8 Å². The van der Waals surface area contributed by atoms with E-state index in [2.05, 4.69) is 4.98 Å². The molecule has 0 aliphatic heterocycles. The summed E-state index contributed by atoms with van der Waals surface area (Å²) in [6, 6.07) is 5.08. The Kier molecular flexibility index (Phi) is 3.50. The van der Waals surface area contributed by atoms with Crippen molar-refractivity contribution < 1.29 is 13.5 Å². The van der Waals surface area contributed by atoms with Crippen LogP contribution in [0.1, 0.15) is 17.0 Å². The molecule has 0 aliphatic carbocycles. The van der Waals surface area contributed by atoms with Crippen LogP contribution in [0.15, 0.2) is 22.6 Å². The second-order valence-corrected chi connectivity index (χ2v) is 4.03. The van der Waals surface area contributed by atoms with Crippen molar-refractivity contribution in [1.29, 1.82) is 0 Å². The van der Waals surface area contributed by atoms with Crippen molar-refractivity contribution in [2.75, 3.05) is 12.8 Å². The molecule has 0 unspecified atom stereocenters. The largest absolute Gasteiger partial charge is 0.494 e. The summed E-state index contributed by atoms with van der Waals surface area (Å²) in [5.74, 6) is 0.631. The van der Waals surface area contributed by atoms with Crippen molar-refractivity contribution in [1.82, 2.24) is 4.98 Å². The average Bonchev–Trinajstić information content (AvgIpc) is 2.65. The smallest absolute Gasteiger partial charge is 0.292 e. The molecule has 4 nitrogen and oxygen atoms in total. The molecule has 5 heteroatoms. The Bertz CT molecular complexity index is 552. The number of aryl methyl sites for hydroxylation is 3. The summed E-state index contributed by atoms with van der Waals surface area (Å²) < 4.78 is 23.6. The van der Waals surface area contributed by atoms with Gasteiger partial charge in [-0.1, -0.05) is 6.07 Å². The van der Waals surface area contributed by atoms with Crippen LogP contribution < -0.4 is 10.5 Å². The molecule has 0 saturated heterocycles. The van der Waals surface area contributed by atoms with Crippen molar-refractivity contribution in [3.63, 3.8) is 0 Å². The lowest BCUT2D eigenvalue weighted by Crippen LogP contribution is -1.94. The van der Waals surface area contributed by atoms with Gasteiger partial charge in [0.15, 0.2) is 11.6 Å². The highest BCUT2D eigenvalue weighted by atomic mass is 19.1. The van der Waals surface area contributed by atoms with Gasteiger partial charge in [-0.05, 0) is 31.0 Å². The summed E-state index contributed by atoms with van der Waals surface area (Å²) in [5.41, 5.74) is 7.11. The minimum atomic E-state index is -0.358. The van der Waals surface area contributed by atoms with E-state index in [1.54, 1.807) is 6.07 Å². The molecule has 0 bridgehead atoms. The summed E-state index contributed by atoms with van der Waals surface area (Å²) in [5, 5.41) is 0. The molecule has 1 heterocycles. The SMILES string of the molecule is COc1ccc(CCc2oc(N)nc2C)cc1F. The number of benzene rings is 1. The molecule has 18 heavy (non-hydrogen) atoms. The first-order valence-electron chi connectivity index (χ1n) is 5.64. The van der Waals surface area contributed by atoms with Crippen molar-refractivity contribution in [3.05, 3.63) is 41.0 Å². The molecule has 0 fully saturated rings. The number of rotatable bonds is 4. The molecular formula is C13H15FN2O2. The molecule has 2 N–H and O–H groups in total. The Hall–Kier alpha value is -2.04. The predicted octanol–water partition coefficient (Wildman–Crippen LogP) is 2.50. The summed E-state index contributed by atoms with van der Waals surface area (Å²) >= 11 is 0. The third-order valence-electron chi connectivity index (χ3n) is 2.77. The summed E-state index contributed by atoms with van der Waals surface area (Å²) in [6.07, 6.45) is 1.30. The second kappa shape index (κ2) is 5.08. The molecule has 0 spiro atoms. The van der Waals surface area contributed by atoms with Crippen molar-refractivity contribution in [2.45, 2.75) is 19.8 Å². The van der Waals surface area contributed by atoms with Crippen LogP contribution in [0.2, 0.25) is 0 Å². The summed E-state index contributed by atoms with van der Waals surface area (Å²) in [7, 11) is 1.44. The minimum absolute atomic E-state index is 0.170. The molecule has 1 aromatic carbocycles. The number of oxazole rings is 1. The maximum absolute atomic E-state index is 13.5. The fraction of sp³-hybridized carbons (Fsp3) is 0.308. The van der Waals surface area contributed by atoms with Crippen molar-refractivity contribution in [3.8, 4) is 5.75 Å². The zero-order valence-electron chi connectivity index (χ0n) is 10.4. The first-order chi connectivity index (χ1) is 8.60. The highest BCUT2D eigenvalue weighted by Crippen LogP contribution is 2.20. The van der Waals surface area contributed by atoms with E-state index >= 15 is 0 Å². The van der Waals surface area contributed by atoms with E-state index in [1.807, 2.05) is 13.0 Å². The highest BCUT2D eigenvalue weighted by Gasteiger charge is 2.08. The molecular weight excluding hydrogens is 235 g/mol. The molecule has 1 aromatic heterocycles. The molecule has 0 atom stereocenters. The number of ether oxygens (including phenoxy) is 1. The lowest BCUT2D eigenvalue weighted by molar-refractivity contribution is 0.386. The zero-order valence-corrected chi connectivity index (χ0v) is 10.4. The standard InChI is InChI=1S/C13H15FN2O2/c1-8-11(18-13(15)16-8)5-3-9-4-6-12(17-2)10(14)7-9/h4,6-7H,3,5H2,1-2H3,(H2,15,16). The van der Waals surface area contributed by atoms with Crippen LogP contribution >= 0.6 is 0 Å². The Labute approximate surface area is 105 Å². The van der Waals surface area contributed by atoms with E-state index in [9.17, 15) is 4.39 Å². The Morgan fingerprint density at radius 1 is 1.39 bits per heavy atom. The van der Waals surface area contributed by atoms with Crippen LogP contribution in [-0.4, -0.2) is 12.1 Å². The quantitative estimate of drug-likeness (QED) is 0.905. The first-order valence-corrected chi connectivity index (χ1v) is 5.64. The number of nitrogens with zero attached hydrogens (tertiary/aromatic N) is 1. The van der Waals surface area contributed by atoms with Gasteiger partial charge < -0.3 is 14.9 Å². The van der Waals surface area contributed by atoms with Crippen LogP contribution in [-0.2, 0) is 12.8 Å². The fourth-order valence-corrected chi connectivity index (χ4v) is 1.81. The van der Waals surface area contributed by atoms with Gasteiger partial charge in [-0.3, -0.25) is 0 Å².